The molecule has 2 rings (SSSR count). The van der Waals surface area contributed by atoms with Crippen molar-refractivity contribution in [3.8, 4) is 0 Å². The Balaban J connectivity index is 2.18. The van der Waals surface area contributed by atoms with Gasteiger partial charge in [0, 0.05) is 24.8 Å². The second-order valence-corrected chi connectivity index (χ2v) is 5.14. The Hall–Kier alpha value is -1.29. The highest BCUT2D eigenvalue weighted by atomic mass is 35.5. The number of pyridine rings is 1. The third kappa shape index (κ3) is 3.60. The number of hydrogen-bond acceptors (Lipinski definition) is 3. The summed E-state index contributed by atoms with van der Waals surface area (Å²) in [4.78, 5) is 6.21. The lowest BCUT2D eigenvalue weighted by atomic mass is 10.2. The van der Waals surface area contributed by atoms with E-state index in [1.165, 1.54) is 0 Å². The predicted molar refractivity (Wildman–Crippen MR) is 78.7 cm³/mol. The highest BCUT2D eigenvalue weighted by Crippen LogP contribution is 2.24. The fourth-order valence-corrected chi connectivity index (χ4v) is 2.37. The van der Waals surface area contributed by atoms with E-state index >= 15 is 0 Å². The van der Waals surface area contributed by atoms with Crippen LogP contribution in [0, 0.1) is 0 Å². The van der Waals surface area contributed by atoms with Crippen LogP contribution in [-0.2, 0) is 13.2 Å². The third-order valence-electron chi connectivity index (χ3n) is 2.73. The van der Waals surface area contributed by atoms with Crippen molar-refractivity contribution in [1.82, 2.24) is 4.98 Å². The van der Waals surface area contributed by atoms with Gasteiger partial charge in [-0.05, 0) is 29.3 Å². The highest BCUT2D eigenvalue weighted by molar-refractivity contribution is 6.33. The quantitative estimate of drug-likeness (QED) is 0.938. The Morgan fingerprint density at radius 3 is 2.63 bits per heavy atom. The Labute approximate surface area is 122 Å². The minimum Gasteiger partial charge on any atom is -0.392 e. The zero-order valence-electron chi connectivity index (χ0n) is 10.5. The summed E-state index contributed by atoms with van der Waals surface area (Å²) >= 11 is 12.1. The van der Waals surface area contributed by atoms with Crippen LogP contribution in [0.1, 0.15) is 11.1 Å². The molecule has 1 aromatic carbocycles. The number of halogens is 2. The van der Waals surface area contributed by atoms with Crippen LogP contribution in [0.25, 0.3) is 0 Å². The van der Waals surface area contributed by atoms with Crippen LogP contribution in [0.3, 0.4) is 0 Å². The average molecular weight is 297 g/mol. The zero-order valence-corrected chi connectivity index (χ0v) is 12.0. The number of hydrogen-bond donors (Lipinski definition) is 1. The molecule has 0 fully saturated rings. The van der Waals surface area contributed by atoms with Crippen molar-refractivity contribution in [1.29, 1.82) is 0 Å². The molecule has 0 spiro atoms. The highest BCUT2D eigenvalue weighted by Gasteiger charge is 2.09. The fourth-order valence-electron chi connectivity index (χ4n) is 1.82. The van der Waals surface area contributed by atoms with Crippen LogP contribution in [0.5, 0.6) is 0 Å². The summed E-state index contributed by atoms with van der Waals surface area (Å²) in [7, 11) is 1.91. The number of anilines is 1. The van der Waals surface area contributed by atoms with Gasteiger partial charge in [-0.25, -0.2) is 4.98 Å². The van der Waals surface area contributed by atoms with Gasteiger partial charge in [-0.15, -0.1) is 0 Å². The lowest BCUT2D eigenvalue weighted by Crippen LogP contribution is -2.18. The summed E-state index contributed by atoms with van der Waals surface area (Å²) < 4.78 is 0. The van der Waals surface area contributed by atoms with Crippen molar-refractivity contribution >= 4 is 29.0 Å². The van der Waals surface area contributed by atoms with Crippen molar-refractivity contribution in [3.05, 3.63) is 57.7 Å². The summed E-state index contributed by atoms with van der Waals surface area (Å²) in [5.74, 6) is 0.679. The van der Waals surface area contributed by atoms with E-state index in [9.17, 15) is 0 Å². The number of aromatic nitrogens is 1. The molecule has 1 aromatic heterocycles. The monoisotopic (exact) mass is 296 g/mol. The smallest absolute Gasteiger partial charge is 0.147 e. The van der Waals surface area contributed by atoms with Gasteiger partial charge in [0.1, 0.15) is 5.82 Å². The molecule has 0 radical (unpaired) electrons. The molecule has 3 nitrogen and oxygen atoms in total. The number of aliphatic hydroxyl groups excluding tert-OH is 1. The minimum absolute atomic E-state index is 0.0645. The van der Waals surface area contributed by atoms with Gasteiger partial charge in [0.25, 0.3) is 0 Å². The molecule has 0 aliphatic rings. The van der Waals surface area contributed by atoms with Crippen molar-refractivity contribution in [3.63, 3.8) is 0 Å². The minimum atomic E-state index is -0.0645. The number of rotatable bonds is 4. The van der Waals surface area contributed by atoms with Gasteiger partial charge in [-0.1, -0.05) is 35.3 Å². The summed E-state index contributed by atoms with van der Waals surface area (Å²) in [5.41, 5.74) is 1.78. The first-order valence-electron chi connectivity index (χ1n) is 5.81. The van der Waals surface area contributed by atoms with Gasteiger partial charge in [-0.3, -0.25) is 0 Å². The lowest BCUT2D eigenvalue weighted by Gasteiger charge is -2.19. The Bertz CT molecular complexity index is 575. The Kier molecular flexibility index (Phi) is 4.64. The van der Waals surface area contributed by atoms with Gasteiger partial charge in [0.2, 0.25) is 0 Å². The van der Waals surface area contributed by atoms with Gasteiger partial charge in [0.05, 0.1) is 11.6 Å². The van der Waals surface area contributed by atoms with Crippen LogP contribution in [-0.4, -0.2) is 17.1 Å². The Morgan fingerprint density at radius 1 is 1.21 bits per heavy atom. The number of nitrogens with zero attached hydrogens (tertiary/aromatic N) is 2. The molecule has 5 heteroatoms. The largest absolute Gasteiger partial charge is 0.392 e. The Morgan fingerprint density at radius 2 is 2.00 bits per heavy atom. The normalized spacial score (nSPS) is 10.5. The molecule has 0 aliphatic heterocycles. The summed E-state index contributed by atoms with van der Waals surface area (Å²) in [6.07, 6.45) is 1.62. The molecule has 0 amide bonds. The van der Waals surface area contributed by atoms with Crippen LogP contribution in [0.15, 0.2) is 36.5 Å². The van der Waals surface area contributed by atoms with Crippen molar-refractivity contribution in [2.45, 2.75) is 13.2 Å². The van der Waals surface area contributed by atoms with Crippen LogP contribution in [0.2, 0.25) is 10.0 Å². The van der Waals surface area contributed by atoms with Crippen LogP contribution < -0.4 is 4.90 Å². The van der Waals surface area contributed by atoms with E-state index in [-0.39, 0.29) is 6.61 Å². The van der Waals surface area contributed by atoms with E-state index in [1.807, 2.05) is 36.2 Å². The first kappa shape index (κ1) is 14.1. The molecular weight excluding hydrogens is 283 g/mol. The van der Waals surface area contributed by atoms with Crippen molar-refractivity contribution in [2.24, 2.45) is 0 Å². The fraction of sp³-hybridized carbons (Fsp3) is 0.214. The van der Waals surface area contributed by atoms with Crippen molar-refractivity contribution < 1.29 is 5.11 Å². The molecule has 0 saturated heterocycles. The maximum absolute atomic E-state index is 9.03. The first-order chi connectivity index (χ1) is 9.10. The van der Waals surface area contributed by atoms with Gasteiger partial charge < -0.3 is 10.0 Å². The molecule has 100 valence electrons. The standard InChI is InChI=1S/C14H14Cl2N2O/c1-18(8-10-3-2-4-12(15)5-10)14-13(16)6-11(9-19)7-17-14/h2-7,19H,8-9H2,1H3. The first-order valence-corrected chi connectivity index (χ1v) is 6.56. The second kappa shape index (κ2) is 6.24. The molecule has 0 bridgehead atoms. The second-order valence-electron chi connectivity index (χ2n) is 4.29. The predicted octanol–water partition coefficient (Wildman–Crippen LogP) is 3.52. The van der Waals surface area contributed by atoms with Gasteiger partial charge in [0.15, 0.2) is 0 Å². The molecule has 19 heavy (non-hydrogen) atoms. The van der Waals surface area contributed by atoms with E-state index in [4.69, 9.17) is 28.3 Å². The van der Waals surface area contributed by atoms with E-state index in [2.05, 4.69) is 4.98 Å². The maximum atomic E-state index is 9.03. The lowest BCUT2D eigenvalue weighted by molar-refractivity contribution is 0.281. The summed E-state index contributed by atoms with van der Waals surface area (Å²) in [6.45, 7) is 0.594. The van der Waals surface area contributed by atoms with Gasteiger partial charge >= 0.3 is 0 Å². The van der Waals surface area contributed by atoms with Gasteiger partial charge in [-0.2, -0.15) is 0 Å². The van der Waals surface area contributed by atoms with Crippen LogP contribution in [0.4, 0.5) is 5.82 Å². The topological polar surface area (TPSA) is 36.4 Å². The molecule has 2 aromatic rings. The summed E-state index contributed by atoms with van der Waals surface area (Å²) in [6, 6.07) is 9.38. The molecular formula is C14H14Cl2N2O. The number of benzene rings is 1. The van der Waals surface area contributed by atoms with Crippen LogP contribution >= 0.6 is 23.2 Å². The summed E-state index contributed by atoms with van der Waals surface area (Å²) in [5, 5.41) is 10.3. The molecule has 1 heterocycles. The van der Waals surface area contributed by atoms with E-state index in [0.29, 0.717) is 28.0 Å². The maximum Gasteiger partial charge on any atom is 0.147 e. The zero-order chi connectivity index (χ0) is 13.8. The van der Waals surface area contributed by atoms with E-state index in [1.54, 1.807) is 12.3 Å². The SMILES string of the molecule is CN(Cc1cccc(Cl)c1)c1ncc(CO)cc1Cl. The number of aliphatic hydroxyl groups is 1. The van der Waals surface area contributed by atoms with E-state index in [0.717, 1.165) is 5.56 Å². The molecule has 0 aliphatic carbocycles. The van der Waals surface area contributed by atoms with E-state index < -0.39 is 0 Å². The van der Waals surface area contributed by atoms with Crippen molar-refractivity contribution in [2.75, 3.05) is 11.9 Å². The molecule has 1 N–H and O–H groups in total. The third-order valence-corrected chi connectivity index (χ3v) is 3.24. The molecule has 0 saturated carbocycles. The molecule has 0 atom stereocenters. The molecule has 0 unspecified atom stereocenters. The average Bonchev–Trinajstić information content (AvgIpc) is 2.38.